The Balaban J connectivity index is 1.77. The van der Waals surface area contributed by atoms with Crippen molar-refractivity contribution in [2.45, 2.75) is 19.0 Å². The van der Waals surface area contributed by atoms with Crippen LogP contribution in [-0.4, -0.2) is 66.2 Å². The molecule has 0 unspecified atom stereocenters. The zero-order valence-electron chi connectivity index (χ0n) is 18.6. The first-order valence-corrected chi connectivity index (χ1v) is 11.0. The van der Waals surface area contributed by atoms with E-state index in [0.717, 1.165) is 0 Å². The number of fused-ring (bicyclic) bond motifs is 1. The maximum Gasteiger partial charge on any atom is 0.409 e. The summed E-state index contributed by atoms with van der Waals surface area (Å²) >= 11 is 6.52. The molecular formula is C23H23ClF2N4O4. The number of methoxy groups -OCH3 is 1. The van der Waals surface area contributed by atoms with E-state index in [4.69, 9.17) is 21.1 Å². The smallest absolute Gasteiger partial charge is 0.409 e. The van der Waals surface area contributed by atoms with Gasteiger partial charge in [0, 0.05) is 42.9 Å². The van der Waals surface area contributed by atoms with Crippen molar-refractivity contribution in [2.75, 3.05) is 33.9 Å². The van der Waals surface area contributed by atoms with Gasteiger partial charge in [-0.25, -0.2) is 18.6 Å². The molecule has 3 aromatic rings. The van der Waals surface area contributed by atoms with Gasteiger partial charge in [0.1, 0.15) is 5.65 Å². The molecule has 0 radical (unpaired) electrons. The lowest BCUT2D eigenvalue weighted by Gasteiger charge is -2.32. The molecule has 2 amide bonds. The number of alkyl halides is 2. The van der Waals surface area contributed by atoms with E-state index in [0.29, 0.717) is 59.3 Å². The molecule has 1 N–H and O–H groups in total. The molecule has 8 nitrogen and oxygen atoms in total. The number of halogens is 3. The summed E-state index contributed by atoms with van der Waals surface area (Å²) in [4.78, 5) is 30.1. The summed E-state index contributed by atoms with van der Waals surface area (Å²) in [7, 11) is 2.84. The second-order valence-corrected chi connectivity index (χ2v) is 8.19. The Morgan fingerprint density at radius 2 is 2.12 bits per heavy atom. The molecule has 1 fully saturated rings. The molecule has 1 aromatic carbocycles. The van der Waals surface area contributed by atoms with Crippen molar-refractivity contribution in [3.8, 4) is 11.3 Å². The molecule has 180 valence electrons. The van der Waals surface area contributed by atoms with Crippen LogP contribution in [0.25, 0.3) is 16.9 Å². The zero-order valence-corrected chi connectivity index (χ0v) is 19.3. The van der Waals surface area contributed by atoms with Gasteiger partial charge in [-0.1, -0.05) is 17.7 Å². The van der Waals surface area contributed by atoms with Gasteiger partial charge in [-0.15, -0.1) is 0 Å². The Kier molecular flexibility index (Phi) is 6.99. The molecule has 0 spiro atoms. The number of amides is 2. The van der Waals surface area contributed by atoms with Gasteiger partial charge in [-0.2, -0.15) is 0 Å². The molecule has 3 heterocycles. The summed E-state index contributed by atoms with van der Waals surface area (Å²) in [6.45, 7) is 1.05. The van der Waals surface area contributed by atoms with Crippen LogP contribution in [0.1, 0.15) is 28.0 Å². The maximum atomic E-state index is 13.3. The summed E-state index contributed by atoms with van der Waals surface area (Å²) in [5.41, 5.74) is 2.27. The minimum Gasteiger partial charge on any atom is -0.453 e. The monoisotopic (exact) mass is 492 g/mol. The van der Waals surface area contributed by atoms with Crippen LogP contribution >= 0.6 is 11.6 Å². The van der Waals surface area contributed by atoms with E-state index in [9.17, 15) is 18.4 Å². The lowest BCUT2D eigenvalue weighted by Crippen LogP contribution is -2.46. The predicted octanol–water partition coefficient (Wildman–Crippen LogP) is 3.96. The van der Waals surface area contributed by atoms with Crippen molar-refractivity contribution in [3.63, 3.8) is 0 Å². The lowest BCUT2D eigenvalue weighted by atomic mass is 10.0. The molecule has 1 saturated heterocycles. The second kappa shape index (κ2) is 9.94. The third-order valence-corrected chi connectivity index (χ3v) is 6.02. The summed E-state index contributed by atoms with van der Waals surface area (Å²) in [6, 6.07) is 7.49. The number of benzene rings is 1. The van der Waals surface area contributed by atoms with Gasteiger partial charge in [0.2, 0.25) is 0 Å². The molecule has 4 rings (SSSR count). The van der Waals surface area contributed by atoms with Crippen LogP contribution in [0.5, 0.6) is 0 Å². The molecule has 1 aliphatic heterocycles. The number of carbonyl (C=O) groups is 2. The van der Waals surface area contributed by atoms with Crippen LogP contribution in [-0.2, 0) is 15.9 Å². The van der Waals surface area contributed by atoms with E-state index < -0.39 is 12.5 Å². The number of nitrogens with one attached hydrogen (secondary N) is 1. The van der Waals surface area contributed by atoms with E-state index in [-0.39, 0.29) is 17.6 Å². The normalized spacial score (nSPS) is 16.2. The highest BCUT2D eigenvalue weighted by Crippen LogP contribution is 2.33. The van der Waals surface area contributed by atoms with Gasteiger partial charge in [0.15, 0.2) is 0 Å². The predicted molar refractivity (Wildman–Crippen MR) is 121 cm³/mol. The highest BCUT2D eigenvalue weighted by Gasteiger charge is 2.28. The highest BCUT2D eigenvalue weighted by atomic mass is 35.5. The van der Waals surface area contributed by atoms with Gasteiger partial charge >= 0.3 is 6.09 Å². The standard InChI is InChI=1S/C23H23ClF2N4O4/c1-27-22(31)14-3-4-16(17(24)9-14)20-18(11-15-12-29(7-8-34-15)23(32)33-2)30-6-5-13(21(25)26)10-19(30)28-20/h3-6,9-10,15,21H,7-8,11-12H2,1-2H3,(H,27,31)/t15-/m0/s1. The number of morpholine rings is 1. The molecule has 2 aromatic heterocycles. The Bertz CT molecular complexity index is 1230. The van der Waals surface area contributed by atoms with E-state index in [1.165, 1.54) is 38.6 Å². The summed E-state index contributed by atoms with van der Waals surface area (Å²) in [5.74, 6) is -0.288. The quantitative estimate of drug-likeness (QED) is 0.582. The van der Waals surface area contributed by atoms with Gasteiger partial charge in [-0.3, -0.25) is 4.79 Å². The number of hydrogen-bond donors (Lipinski definition) is 1. The fraction of sp³-hybridized carbons (Fsp3) is 0.348. The lowest BCUT2D eigenvalue weighted by molar-refractivity contribution is -0.0241. The second-order valence-electron chi connectivity index (χ2n) is 7.78. The van der Waals surface area contributed by atoms with Crippen molar-refractivity contribution >= 4 is 29.2 Å². The number of aromatic nitrogens is 2. The minimum atomic E-state index is -2.64. The zero-order chi connectivity index (χ0) is 24.4. The molecule has 1 atom stereocenters. The van der Waals surface area contributed by atoms with Crippen molar-refractivity contribution in [1.29, 1.82) is 0 Å². The minimum absolute atomic E-state index is 0.151. The highest BCUT2D eigenvalue weighted by molar-refractivity contribution is 6.33. The molecular weight excluding hydrogens is 470 g/mol. The largest absolute Gasteiger partial charge is 0.453 e. The third kappa shape index (κ3) is 4.69. The fourth-order valence-electron chi connectivity index (χ4n) is 4.00. The molecule has 11 heteroatoms. The fourth-order valence-corrected chi connectivity index (χ4v) is 4.27. The summed E-state index contributed by atoms with van der Waals surface area (Å²) < 4.78 is 39.0. The number of ether oxygens (including phenoxy) is 2. The van der Waals surface area contributed by atoms with Crippen molar-refractivity contribution in [1.82, 2.24) is 19.6 Å². The average Bonchev–Trinajstić information content (AvgIpc) is 3.20. The Labute approximate surface area is 199 Å². The Hall–Kier alpha value is -3.24. The number of pyridine rings is 1. The van der Waals surface area contributed by atoms with Gasteiger partial charge in [0.05, 0.1) is 42.8 Å². The van der Waals surface area contributed by atoms with E-state index >= 15 is 0 Å². The van der Waals surface area contributed by atoms with Crippen LogP contribution < -0.4 is 5.32 Å². The van der Waals surface area contributed by atoms with Crippen LogP contribution in [0.15, 0.2) is 36.5 Å². The number of hydrogen-bond acceptors (Lipinski definition) is 5. The number of rotatable bonds is 5. The van der Waals surface area contributed by atoms with Gasteiger partial charge in [-0.05, 0) is 24.3 Å². The van der Waals surface area contributed by atoms with Gasteiger partial charge < -0.3 is 24.1 Å². The molecule has 0 saturated carbocycles. The summed E-state index contributed by atoms with van der Waals surface area (Å²) in [5, 5.41) is 2.83. The third-order valence-electron chi connectivity index (χ3n) is 5.71. The Morgan fingerprint density at radius 3 is 2.79 bits per heavy atom. The Morgan fingerprint density at radius 1 is 1.32 bits per heavy atom. The topological polar surface area (TPSA) is 85.2 Å². The van der Waals surface area contributed by atoms with Crippen LogP contribution in [0.4, 0.5) is 13.6 Å². The molecule has 0 bridgehead atoms. The first kappa shape index (κ1) is 23.9. The number of imidazole rings is 1. The average molecular weight is 493 g/mol. The van der Waals surface area contributed by atoms with Crippen LogP contribution in [0, 0.1) is 0 Å². The van der Waals surface area contributed by atoms with E-state index in [1.807, 2.05) is 0 Å². The first-order valence-electron chi connectivity index (χ1n) is 10.6. The molecule has 1 aliphatic rings. The van der Waals surface area contributed by atoms with Gasteiger partial charge in [0.25, 0.3) is 12.3 Å². The van der Waals surface area contributed by atoms with Crippen molar-refractivity contribution in [2.24, 2.45) is 0 Å². The van der Waals surface area contributed by atoms with Crippen LogP contribution in [0.3, 0.4) is 0 Å². The molecule has 0 aliphatic carbocycles. The van der Waals surface area contributed by atoms with Crippen LogP contribution in [0.2, 0.25) is 5.02 Å². The van der Waals surface area contributed by atoms with Crippen molar-refractivity contribution in [3.05, 3.63) is 58.4 Å². The molecule has 34 heavy (non-hydrogen) atoms. The SMILES string of the molecule is CNC(=O)c1ccc(-c2nc3cc(C(F)F)ccn3c2C[C@H]2CN(C(=O)OC)CCO2)c(Cl)c1. The number of carbonyl (C=O) groups excluding carboxylic acids is 2. The van der Waals surface area contributed by atoms with E-state index in [2.05, 4.69) is 10.3 Å². The number of nitrogens with zero attached hydrogens (tertiary/aromatic N) is 3. The first-order chi connectivity index (χ1) is 16.3. The van der Waals surface area contributed by atoms with E-state index in [1.54, 1.807) is 21.4 Å². The maximum absolute atomic E-state index is 13.3. The summed E-state index contributed by atoms with van der Waals surface area (Å²) in [6.07, 6.45) is -1.58. The van der Waals surface area contributed by atoms with Crippen molar-refractivity contribution < 1.29 is 27.8 Å².